The van der Waals surface area contributed by atoms with Gasteiger partial charge in [-0.25, -0.2) is 4.79 Å². The Kier molecular flexibility index (Phi) is 4.86. The van der Waals surface area contributed by atoms with Crippen LogP contribution < -0.4 is 5.32 Å². The Hall–Kier alpha value is -2.85. The Morgan fingerprint density at radius 3 is 2.48 bits per heavy atom. The lowest BCUT2D eigenvalue weighted by Crippen LogP contribution is -2.25. The van der Waals surface area contributed by atoms with Crippen molar-refractivity contribution in [3.8, 4) is 0 Å². The van der Waals surface area contributed by atoms with Gasteiger partial charge in [0.15, 0.2) is 11.4 Å². The van der Waals surface area contributed by atoms with E-state index >= 15 is 0 Å². The summed E-state index contributed by atoms with van der Waals surface area (Å²) >= 11 is 0. The maximum atomic E-state index is 12.6. The molecule has 0 saturated carbocycles. The summed E-state index contributed by atoms with van der Waals surface area (Å²) in [7, 11) is 2.74. The minimum atomic E-state index is -4.60. The molecule has 2 aromatic heterocycles. The van der Waals surface area contributed by atoms with Crippen LogP contribution in [0.25, 0.3) is 0 Å². The quantitative estimate of drug-likeness (QED) is 0.843. The second kappa shape index (κ2) is 6.57. The fourth-order valence-corrected chi connectivity index (χ4v) is 2.05. The zero-order valence-electron chi connectivity index (χ0n) is 13.9. The second-order valence-electron chi connectivity index (χ2n) is 5.27. The fraction of sp³-hybridized carbons (Fsp3) is 0.429. The number of amides is 1. The van der Waals surface area contributed by atoms with Crippen LogP contribution >= 0.6 is 0 Å². The van der Waals surface area contributed by atoms with Crippen molar-refractivity contribution in [2.75, 3.05) is 12.4 Å². The number of halogens is 3. The summed E-state index contributed by atoms with van der Waals surface area (Å²) in [5, 5.41) is 9.82. The first-order valence-electron chi connectivity index (χ1n) is 7.11. The SMILES string of the molecule is COC(=O)c1nn(C)c(C)c1NC(=O)C(C)n1ccc(C(F)(F)F)n1. The summed E-state index contributed by atoms with van der Waals surface area (Å²) in [6, 6.07) is -0.264. The summed E-state index contributed by atoms with van der Waals surface area (Å²) in [6.45, 7) is 3.00. The lowest BCUT2D eigenvalue weighted by molar-refractivity contribution is -0.141. The highest BCUT2D eigenvalue weighted by Gasteiger charge is 2.34. The minimum Gasteiger partial charge on any atom is -0.464 e. The summed E-state index contributed by atoms with van der Waals surface area (Å²) in [5.74, 6) is -1.40. The molecule has 0 spiro atoms. The number of carbonyl (C=O) groups excluding carboxylic acids is 2. The first-order chi connectivity index (χ1) is 11.6. The molecule has 0 bridgehead atoms. The molecule has 0 saturated heterocycles. The molecule has 2 aromatic rings. The van der Waals surface area contributed by atoms with Crippen LogP contribution in [0, 0.1) is 6.92 Å². The van der Waals surface area contributed by atoms with E-state index in [1.807, 2.05) is 0 Å². The van der Waals surface area contributed by atoms with Crippen molar-refractivity contribution >= 4 is 17.6 Å². The molecule has 136 valence electrons. The number of aryl methyl sites for hydroxylation is 1. The van der Waals surface area contributed by atoms with Crippen molar-refractivity contribution in [1.29, 1.82) is 0 Å². The average molecular weight is 359 g/mol. The van der Waals surface area contributed by atoms with Gasteiger partial charge in [-0.2, -0.15) is 23.4 Å². The molecule has 25 heavy (non-hydrogen) atoms. The van der Waals surface area contributed by atoms with E-state index < -0.39 is 29.8 Å². The van der Waals surface area contributed by atoms with Gasteiger partial charge in [-0.1, -0.05) is 0 Å². The van der Waals surface area contributed by atoms with Crippen molar-refractivity contribution in [2.45, 2.75) is 26.1 Å². The first kappa shape index (κ1) is 18.5. The van der Waals surface area contributed by atoms with Crippen LogP contribution in [0.4, 0.5) is 18.9 Å². The van der Waals surface area contributed by atoms with E-state index in [0.29, 0.717) is 5.69 Å². The van der Waals surface area contributed by atoms with Crippen LogP contribution in [-0.4, -0.2) is 38.5 Å². The Labute approximate surface area is 140 Å². The molecule has 0 aliphatic carbocycles. The first-order valence-corrected chi connectivity index (χ1v) is 7.11. The number of esters is 1. The number of rotatable bonds is 4. The normalized spacial score (nSPS) is 12.8. The largest absolute Gasteiger partial charge is 0.464 e. The van der Waals surface area contributed by atoms with Gasteiger partial charge in [-0.15, -0.1) is 0 Å². The Morgan fingerprint density at radius 1 is 1.32 bits per heavy atom. The number of alkyl halides is 3. The molecular formula is C14H16F3N5O3. The van der Waals surface area contributed by atoms with Gasteiger partial charge < -0.3 is 10.1 Å². The van der Waals surface area contributed by atoms with Gasteiger partial charge in [0.2, 0.25) is 5.91 Å². The van der Waals surface area contributed by atoms with Crippen LogP contribution in [0.2, 0.25) is 0 Å². The summed E-state index contributed by atoms with van der Waals surface area (Å²) < 4.78 is 44.7. The molecular weight excluding hydrogens is 343 g/mol. The van der Waals surface area contributed by atoms with Gasteiger partial charge in [0.1, 0.15) is 6.04 Å². The maximum Gasteiger partial charge on any atom is 0.435 e. The molecule has 0 fully saturated rings. The number of hydrogen-bond donors (Lipinski definition) is 1. The Bertz CT molecular complexity index is 809. The second-order valence-corrected chi connectivity index (χ2v) is 5.27. The zero-order valence-corrected chi connectivity index (χ0v) is 13.9. The topological polar surface area (TPSA) is 91.0 Å². The molecule has 2 rings (SSSR count). The van der Waals surface area contributed by atoms with E-state index in [9.17, 15) is 22.8 Å². The fourth-order valence-electron chi connectivity index (χ4n) is 2.05. The maximum absolute atomic E-state index is 12.6. The number of aromatic nitrogens is 4. The highest BCUT2D eigenvalue weighted by Crippen LogP contribution is 2.28. The molecule has 1 unspecified atom stereocenters. The number of methoxy groups -OCH3 is 1. The van der Waals surface area contributed by atoms with Crippen molar-refractivity contribution in [3.63, 3.8) is 0 Å². The van der Waals surface area contributed by atoms with Gasteiger partial charge in [-0.3, -0.25) is 14.2 Å². The molecule has 1 N–H and O–H groups in total. The monoisotopic (exact) mass is 359 g/mol. The zero-order chi connectivity index (χ0) is 18.9. The molecule has 1 atom stereocenters. The van der Waals surface area contributed by atoms with E-state index in [4.69, 9.17) is 0 Å². The Balaban J connectivity index is 2.25. The van der Waals surface area contributed by atoms with Crippen LogP contribution in [0.1, 0.15) is 34.8 Å². The molecule has 8 nitrogen and oxygen atoms in total. The van der Waals surface area contributed by atoms with Crippen molar-refractivity contribution < 1.29 is 27.5 Å². The third kappa shape index (κ3) is 3.64. The van der Waals surface area contributed by atoms with E-state index in [1.165, 1.54) is 18.7 Å². The van der Waals surface area contributed by atoms with Crippen molar-refractivity contribution in [3.05, 3.63) is 29.3 Å². The number of carbonyl (C=O) groups is 2. The summed E-state index contributed by atoms with van der Waals surface area (Å²) in [5.41, 5.74) is -0.578. The van der Waals surface area contributed by atoms with Gasteiger partial charge in [-0.05, 0) is 19.9 Å². The third-order valence-corrected chi connectivity index (χ3v) is 3.64. The average Bonchev–Trinajstić information content (AvgIpc) is 3.14. The standard InChI is InChI=1S/C14H16F3N5O3/c1-7-10(11(13(24)25-4)20-21(7)3)18-12(23)8(2)22-6-5-9(19-22)14(15,16)17/h5-6,8H,1-4H3,(H,18,23). The molecule has 0 radical (unpaired) electrons. The van der Waals surface area contributed by atoms with Crippen molar-refractivity contribution in [1.82, 2.24) is 19.6 Å². The van der Waals surface area contributed by atoms with E-state index in [1.54, 1.807) is 14.0 Å². The minimum absolute atomic E-state index is 0.0977. The predicted molar refractivity (Wildman–Crippen MR) is 79.9 cm³/mol. The highest BCUT2D eigenvalue weighted by molar-refractivity contribution is 6.01. The highest BCUT2D eigenvalue weighted by atomic mass is 19.4. The number of nitrogens with one attached hydrogen (secondary N) is 1. The smallest absolute Gasteiger partial charge is 0.435 e. The van der Waals surface area contributed by atoms with Crippen LogP contribution in [0.15, 0.2) is 12.3 Å². The lowest BCUT2D eigenvalue weighted by atomic mass is 10.2. The van der Waals surface area contributed by atoms with Gasteiger partial charge >= 0.3 is 12.1 Å². The molecule has 0 aliphatic heterocycles. The van der Waals surface area contributed by atoms with Crippen LogP contribution in [-0.2, 0) is 22.8 Å². The number of anilines is 1. The molecule has 1 amide bonds. The third-order valence-electron chi connectivity index (χ3n) is 3.64. The van der Waals surface area contributed by atoms with E-state index in [-0.39, 0.29) is 11.4 Å². The summed E-state index contributed by atoms with van der Waals surface area (Å²) in [6.07, 6.45) is -3.54. The molecule has 11 heteroatoms. The Morgan fingerprint density at radius 2 is 1.96 bits per heavy atom. The van der Waals surface area contributed by atoms with Crippen LogP contribution in [0.3, 0.4) is 0 Å². The molecule has 0 aromatic carbocycles. The van der Waals surface area contributed by atoms with E-state index in [0.717, 1.165) is 16.9 Å². The van der Waals surface area contributed by atoms with Gasteiger partial charge in [0, 0.05) is 13.2 Å². The van der Waals surface area contributed by atoms with E-state index in [2.05, 4.69) is 20.3 Å². The molecule has 2 heterocycles. The van der Waals surface area contributed by atoms with Gasteiger partial charge in [0.05, 0.1) is 18.5 Å². The number of ether oxygens (including phenoxy) is 1. The van der Waals surface area contributed by atoms with Crippen molar-refractivity contribution in [2.24, 2.45) is 7.05 Å². The lowest BCUT2D eigenvalue weighted by Gasteiger charge is -2.13. The van der Waals surface area contributed by atoms with Crippen LogP contribution in [0.5, 0.6) is 0 Å². The number of hydrogen-bond acceptors (Lipinski definition) is 5. The molecule has 0 aliphatic rings. The predicted octanol–water partition coefficient (Wildman–Crippen LogP) is 1.93. The van der Waals surface area contributed by atoms with Gasteiger partial charge in [0.25, 0.3) is 0 Å². The number of nitrogens with zero attached hydrogens (tertiary/aromatic N) is 4. The summed E-state index contributed by atoms with van der Waals surface area (Å²) in [4.78, 5) is 24.1.